The van der Waals surface area contributed by atoms with Crippen molar-refractivity contribution < 1.29 is 13.5 Å². The van der Waals surface area contributed by atoms with Gasteiger partial charge in [0.25, 0.3) is 0 Å². The topological polar surface area (TPSA) is 33.0 Å². The highest BCUT2D eigenvalue weighted by Crippen LogP contribution is 2.33. The molecule has 0 bridgehead atoms. The van der Waals surface area contributed by atoms with E-state index in [0.717, 1.165) is 22.8 Å². The molecule has 0 aliphatic rings. The van der Waals surface area contributed by atoms with Crippen molar-refractivity contribution in [3.05, 3.63) is 53.6 Å². The van der Waals surface area contributed by atoms with E-state index in [1.807, 2.05) is 6.92 Å². The average molecular weight is 291 g/mol. The van der Waals surface area contributed by atoms with Gasteiger partial charge in [0, 0.05) is 11.0 Å². The summed E-state index contributed by atoms with van der Waals surface area (Å²) < 4.78 is 31.8. The number of nitriles is 1. The second kappa shape index (κ2) is 6.40. The van der Waals surface area contributed by atoms with E-state index in [-0.39, 0.29) is 11.5 Å². The molecular weight excluding hydrogens is 280 g/mol. The van der Waals surface area contributed by atoms with Gasteiger partial charge in [0.2, 0.25) is 0 Å². The van der Waals surface area contributed by atoms with Gasteiger partial charge in [-0.2, -0.15) is 5.26 Å². The van der Waals surface area contributed by atoms with Crippen molar-refractivity contribution >= 4 is 11.8 Å². The first-order chi connectivity index (χ1) is 9.65. The van der Waals surface area contributed by atoms with E-state index in [2.05, 4.69) is 6.07 Å². The molecule has 2 aromatic carbocycles. The van der Waals surface area contributed by atoms with Gasteiger partial charge in [-0.05, 0) is 30.0 Å². The van der Waals surface area contributed by atoms with Crippen molar-refractivity contribution in [3.63, 3.8) is 0 Å². The van der Waals surface area contributed by atoms with Gasteiger partial charge < -0.3 is 4.74 Å². The quantitative estimate of drug-likeness (QED) is 0.763. The molecule has 102 valence electrons. The Bertz CT molecular complexity index is 667. The standard InChI is InChI=1S/C15H11F2NOS/c1-2-20-15-5-3-4-13(11(15)9-18)19-14-7-6-10(16)8-12(14)17/h3-8H,2H2,1H3. The number of ether oxygens (including phenoxy) is 1. The fourth-order valence-corrected chi connectivity index (χ4v) is 2.43. The summed E-state index contributed by atoms with van der Waals surface area (Å²) in [4.78, 5) is 0.773. The Hall–Kier alpha value is -2.06. The molecule has 2 nitrogen and oxygen atoms in total. The van der Waals surface area contributed by atoms with E-state index in [4.69, 9.17) is 4.74 Å². The molecule has 20 heavy (non-hydrogen) atoms. The lowest BCUT2D eigenvalue weighted by molar-refractivity contribution is 0.435. The van der Waals surface area contributed by atoms with Crippen LogP contribution < -0.4 is 4.74 Å². The Kier molecular flexibility index (Phi) is 4.59. The van der Waals surface area contributed by atoms with Crippen LogP contribution >= 0.6 is 11.8 Å². The molecule has 0 aliphatic carbocycles. The molecule has 0 aliphatic heterocycles. The van der Waals surface area contributed by atoms with Crippen LogP contribution in [0.1, 0.15) is 12.5 Å². The third kappa shape index (κ3) is 3.09. The minimum absolute atomic E-state index is 0.110. The van der Waals surface area contributed by atoms with Crippen LogP contribution in [0.2, 0.25) is 0 Å². The zero-order chi connectivity index (χ0) is 14.5. The highest BCUT2D eigenvalue weighted by atomic mass is 32.2. The van der Waals surface area contributed by atoms with Crippen LogP contribution in [0.15, 0.2) is 41.3 Å². The van der Waals surface area contributed by atoms with E-state index < -0.39 is 11.6 Å². The molecule has 2 rings (SSSR count). The SMILES string of the molecule is CCSc1cccc(Oc2ccc(F)cc2F)c1C#N. The molecule has 0 radical (unpaired) electrons. The van der Waals surface area contributed by atoms with Gasteiger partial charge in [-0.3, -0.25) is 0 Å². The second-order valence-corrected chi connectivity index (χ2v) is 5.16. The summed E-state index contributed by atoms with van der Waals surface area (Å²) >= 11 is 1.50. The molecule has 0 saturated heterocycles. The van der Waals surface area contributed by atoms with Crippen LogP contribution in [-0.2, 0) is 0 Å². The number of hydrogen-bond acceptors (Lipinski definition) is 3. The Morgan fingerprint density at radius 3 is 2.65 bits per heavy atom. The lowest BCUT2D eigenvalue weighted by atomic mass is 10.2. The minimum atomic E-state index is -0.803. The van der Waals surface area contributed by atoms with Crippen molar-refractivity contribution in [2.75, 3.05) is 5.75 Å². The summed E-state index contributed by atoms with van der Waals surface area (Å²) in [6.07, 6.45) is 0. The van der Waals surface area contributed by atoms with Gasteiger partial charge in [-0.1, -0.05) is 13.0 Å². The van der Waals surface area contributed by atoms with Gasteiger partial charge in [-0.15, -0.1) is 11.8 Å². The molecule has 2 aromatic rings. The maximum Gasteiger partial charge on any atom is 0.168 e. The summed E-state index contributed by atoms with van der Waals surface area (Å²) in [5, 5.41) is 9.22. The highest BCUT2D eigenvalue weighted by molar-refractivity contribution is 7.99. The first kappa shape index (κ1) is 14.4. The van der Waals surface area contributed by atoms with E-state index in [0.29, 0.717) is 5.56 Å². The Morgan fingerprint density at radius 1 is 1.20 bits per heavy atom. The lowest BCUT2D eigenvalue weighted by Crippen LogP contribution is -1.93. The Morgan fingerprint density at radius 2 is 2.00 bits per heavy atom. The fraction of sp³-hybridized carbons (Fsp3) is 0.133. The third-order valence-electron chi connectivity index (χ3n) is 2.51. The molecule has 0 atom stereocenters. The van der Waals surface area contributed by atoms with E-state index in [1.165, 1.54) is 17.8 Å². The van der Waals surface area contributed by atoms with Gasteiger partial charge >= 0.3 is 0 Å². The van der Waals surface area contributed by atoms with E-state index in [1.54, 1.807) is 18.2 Å². The number of rotatable bonds is 4. The predicted octanol–water partition coefficient (Wildman–Crippen LogP) is 4.74. The average Bonchev–Trinajstić information content (AvgIpc) is 2.42. The van der Waals surface area contributed by atoms with Crippen LogP contribution in [-0.4, -0.2) is 5.75 Å². The van der Waals surface area contributed by atoms with Gasteiger partial charge in [0.1, 0.15) is 23.2 Å². The molecule has 0 fully saturated rings. The molecule has 5 heteroatoms. The van der Waals surface area contributed by atoms with Gasteiger partial charge in [0.05, 0.1) is 0 Å². The zero-order valence-electron chi connectivity index (χ0n) is 10.7. The Labute approximate surface area is 120 Å². The van der Waals surface area contributed by atoms with Crippen LogP contribution in [0.25, 0.3) is 0 Å². The number of benzene rings is 2. The van der Waals surface area contributed by atoms with E-state index in [9.17, 15) is 14.0 Å². The first-order valence-electron chi connectivity index (χ1n) is 5.94. The molecular formula is C15H11F2NOS. The van der Waals surface area contributed by atoms with Crippen molar-refractivity contribution in [1.82, 2.24) is 0 Å². The predicted molar refractivity (Wildman–Crippen MR) is 74.0 cm³/mol. The number of halogens is 2. The van der Waals surface area contributed by atoms with Crippen molar-refractivity contribution in [1.29, 1.82) is 5.26 Å². The Balaban J connectivity index is 2.38. The zero-order valence-corrected chi connectivity index (χ0v) is 11.5. The van der Waals surface area contributed by atoms with E-state index >= 15 is 0 Å². The lowest BCUT2D eigenvalue weighted by Gasteiger charge is -2.10. The summed E-state index contributed by atoms with van der Waals surface area (Å²) in [5.41, 5.74) is 0.350. The van der Waals surface area contributed by atoms with Crippen molar-refractivity contribution in [3.8, 4) is 17.6 Å². The smallest absolute Gasteiger partial charge is 0.168 e. The van der Waals surface area contributed by atoms with Crippen LogP contribution in [0.4, 0.5) is 8.78 Å². The summed E-state index contributed by atoms with van der Waals surface area (Å²) in [6.45, 7) is 1.97. The maximum absolute atomic E-state index is 13.6. The largest absolute Gasteiger partial charge is 0.453 e. The second-order valence-electron chi connectivity index (χ2n) is 3.85. The molecule has 0 saturated carbocycles. The first-order valence-corrected chi connectivity index (χ1v) is 6.93. The molecule has 0 unspecified atom stereocenters. The summed E-state index contributed by atoms with van der Waals surface area (Å²) in [6, 6.07) is 10.2. The number of nitrogens with zero attached hydrogens (tertiary/aromatic N) is 1. The monoisotopic (exact) mass is 291 g/mol. The normalized spacial score (nSPS) is 10.1. The molecule has 0 amide bonds. The fourth-order valence-electron chi connectivity index (χ4n) is 1.66. The molecule has 0 N–H and O–H groups in total. The number of thioether (sulfide) groups is 1. The van der Waals surface area contributed by atoms with Crippen LogP contribution in [0, 0.1) is 23.0 Å². The van der Waals surface area contributed by atoms with Crippen molar-refractivity contribution in [2.45, 2.75) is 11.8 Å². The molecule has 0 spiro atoms. The van der Waals surface area contributed by atoms with Crippen LogP contribution in [0.3, 0.4) is 0 Å². The van der Waals surface area contributed by atoms with Crippen LogP contribution in [0.5, 0.6) is 11.5 Å². The molecule has 0 aromatic heterocycles. The maximum atomic E-state index is 13.6. The van der Waals surface area contributed by atoms with Gasteiger partial charge in [-0.25, -0.2) is 8.78 Å². The summed E-state index contributed by atoms with van der Waals surface area (Å²) in [5.74, 6) is -0.519. The summed E-state index contributed by atoms with van der Waals surface area (Å²) in [7, 11) is 0. The third-order valence-corrected chi connectivity index (χ3v) is 3.45. The number of hydrogen-bond donors (Lipinski definition) is 0. The highest BCUT2D eigenvalue weighted by Gasteiger charge is 2.12. The van der Waals surface area contributed by atoms with Crippen molar-refractivity contribution in [2.24, 2.45) is 0 Å². The minimum Gasteiger partial charge on any atom is -0.453 e. The molecule has 0 heterocycles. The van der Waals surface area contributed by atoms with Gasteiger partial charge in [0.15, 0.2) is 11.6 Å².